The van der Waals surface area contributed by atoms with E-state index in [0.29, 0.717) is 19.9 Å². The molecule has 0 bridgehead atoms. The highest BCUT2D eigenvalue weighted by molar-refractivity contribution is 8.27. The Morgan fingerprint density at radius 3 is 2.85 bits per heavy atom. The zero-order valence-electron chi connectivity index (χ0n) is 10.1. The molecule has 0 aliphatic carbocycles. The predicted molar refractivity (Wildman–Crippen MR) is 91.4 cm³/mol. The van der Waals surface area contributed by atoms with E-state index >= 15 is 0 Å². The fourth-order valence-corrected chi connectivity index (χ4v) is 3.92. The van der Waals surface area contributed by atoms with Crippen molar-refractivity contribution in [1.29, 1.82) is 0 Å². The summed E-state index contributed by atoms with van der Waals surface area (Å²) in [5.41, 5.74) is 1.72. The molecule has 1 saturated heterocycles. The van der Waals surface area contributed by atoms with Crippen molar-refractivity contribution in [1.82, 2.24) is 0 Å². The van der Waals surface area contributed by atoms with Gasteiger partial charge in [-0.3, -0.25) is 9.69 Å². The number of hydrogen-bond donors (Lipinski definition) is 0. The van der Waals surface area contributed by atoms with Crippen LogP contribution in [0.25, 0.3) is 6.08 Å². The molecule has 1 amide bonds. The SMILES string of the molecule is O=C1C(=Cc2ccsc2)SC(=S)N1c1cccc(Cl)c1. The number of anilines is 1. The van der Waals surface area contributed by atoms with Crippen molar-refractivity contribution in [2.45, 2.75) is 0 Å². The standard InChI is InChI=1S/C14H8ClNOS3/c15-10-2-1-3-11(7-10)16-13(17)12(20-14(16)18)6-9-4-5-19-8-9/h1-8H. The van der Waals surface area contributed by atoms with Gasteiger partial charge in [-0.25, -0.2) is 0 Å². The Morgan fingerprint density at radius 1 is 1.30 bits per heavy atom. The van der Waals surface area contributed by atoms with Crippen LogP contribution in [0.5, 0.6) is 0 Å². The second-order valence-corrected chi connectivity index (χ2v) is 6.95. The lowest BCUT2D eigenvalue weighted by atomic mass is 10.2. The van der Waals surface area contributed by atoms with E-state index in [1.165, 1.54) is 16.7 Å². The number of carbonyl (C=O) groups is 1. The Morgan fingerprint density at radius 2 is 2.15 bits per heavy atom. The third-order valence-electron chi connectivity index (χ3n) is 2.70. The molecule has 2 aromatic rings. The summed E-state index contributed by atoms with van der Waals surface area (Å²) in [6.07, 6.45) is 1.86. The van der Waals surface area contributed by atoms with Gasteiger partial charge in [0.1, 0.15) is 0 Å². The van der Waals surface area contributed by atoms with Gasteiger partial charge < -0.3 is 0 Å². The number of benzene rings is 1. The van der Waals surface area contributed by atoms with Crippen molar-refractivity contribution >= 4 is 68.9 Å². The molecule has 1 aromatic carbocycles. The molecule has 2 nitrogen and oxygen atoms in total. The van der Waals surface area contributed by atoms with Crippen LogP contribution in [0.4, 0.5) is 5.69 Å². The van der Waals surface area contributed by atoms with E-state index in [2.05, 4.69) is 0 Å². The zero-order valence-corrected chi connectivity index (χ0v) is 13.3. The lowest BCUT2D eigenvalue weighted by Gasteiger charge is -2.14. The first-order chi connectivity index (χ1) is 9.65. The van der Waals surface area contributed by atoms with Crippen LogP contribution in [-0.4, -0.2) is 10.2 Å². The summed E-state index contributed by atoms with van der Waals surface area (Å²) in [7, 11) is 0. The summed E-state index contributed by atoms with van der Waals surface area (Å²) in [6.45, 7) is 0. The van der Waals surface area contributed by atoms with Crippen molar-refractivity contribution < 1.29 is 4.79 Å². The smallest absolute Gasteiger partial charge is 0.268 e. The van der Waals surface area contributed by atoms with Gasteiger partial charge in [0.15, 0.2) is 4.32 Å². The van der Waals surface area contributed by atoms with Crippen molar-refractivity contribution in [3.63, 3.8) is 0 Å². The number of halogens is 1. The van der Waals surface area contributed by atoms with E-state index in [1.54, 1.807) is 29.5 Å². The van der Waals surface area contributed by atoms with E-state index in [4.69, 9.17) is 23.8 Å². The zero-order chi connectivity index (χ0) is 14.1. The highest BCUT2D eigenvalue weighted by Crippen LogP contribution is 2.36. The molecule has 2 heterocycles. The van der Waals surface area contributed by atoms with Crippen LogP contribution in [0, 0.1) is 0 Å². The quantitative estimate of drug-likeness (QED) is 0.579. The van der Waals surface area contributed by atoms with E-state index < -0.39 is 0 Å². The Bertz CT molecular complexity index is 709. The van der Waals surface area contributed by atoms with Gasteiger partial charge in [-0.2, -0.15) is 11.3 Å². The molecule has 0 spiro atoms. The molecule has 1 aromatic heterocycles. The second-order valence-electron chi connectivity index (χ2n) is 4.05. The number of rotatable bonds is 2. The van der Waals surface area contributed by atoms with E-state index in [9.17, 15) is 4.79 Å². The highest BCUT2D eigenvalue weighted by Gasteiger charge is 2.33. The van der Waals surface area contributed by atoms with E-state index in [0.717, 1.165) is 5.56 Å². The van der Waals surface area contributed by atoms with Gasteiger partial charge in [0, 0.05) is 5.02 Å². The van der Waals surface area contributed by atoms with E-state index in [-0.39, 0.29) is 5.91 Å². The molecule has 0 atom stereocenters. The fourth-order valence-electron chi connectivity index (χ4n) is 1.81. The van der Waals surface area contributed by atoms with Crippen LogP contribution >= 0.6 is 46.9 Å². The second kappa shape index (κ2) is 5.69. The van der Waals surface area contributed by atoms with Crippen molar-refractivity contribution in [3.05, 3.63) is 56.6 Å². The number of thiocarbonyl (C=S) groups is 1. The summed E-state index contributed by atoms with van der Waals surface area (Å²) in [5.74, 6) is -0.103. The Hall–Kier alpha value is -1.14. The van der Waals surface area contributed by atoms with Crippen LogP contribution in [0.2, 0.25) is 5.02 Å². The van der Waals surface area contributed by atoms with Crippen LogP contribution < -0.4 is 4.90 Å². The Kier molecular flexibility index (Phi) is 3.94. The normalized spacial score (nSPS) is 17.2. The molecular formula is C14H8ClNOS3. The van der Waals surface area contributed by atoms with Crippen molar-refractivity contribution in [2.75, 3.05) is 4.90 Å². The van der Waals surface area contributed by atoms with Gasteiger partial charge in [0.2, 0.25) is 0 Å². The summed E-state index contributed by atoms with van der Waals surface area (Å²) < 4.78 is 0.527. The van der Waals surface area contributed by atoms with Gasteiger partial charge in [0.05, 0.1) is 10.6 Å². The molecule has 1 aliphatic rings. The molecule has 1 fully saturated rings. The molecule has 20 heavy (non-hydrogen) atoms. The summed E-state index contributed by atoms with van der Waals surface area (Å²) >= 11 is 14.2. The maximum atomic E-state index is 12.5. The number of thiophene rings is 1. The van der Waals surface area contributed by atoms with Crippen LogP contribution in [0.1, 0.15) is 5.56 Å². The summed E-state index contributed by atoms with van der Waals surface area (Å²) in [5, 5.41) is 4.55. The highest BCUT2D eigenvalue weighted by atomic mass is 35.5. The first-order valence-corrected chi connectivity index (χ1v) is 8.25. The van der Waals surface area contributed by atoms with Gasteiger partial charge in [-0.05, 0) is 46.7 Å². The molecule has 0 unspecified atom stereocenters. The molecule has 100 valence electrons. The van der Waals surface area contributed by atoms with Crippen LogP contribution in [0.3, 0.4) is 0 Å². The average Bonchev–Trinajstić information content (AvgIpc) is 2.99. The fraction of sp³-hybridized carbons (Fsp3) is 0. The number of thioether (sulfide) groups is 1. The maximum Gasteiger partial charge on any atom is 0.270 e. The number of hydrogen-bond acceptors (Lipinski definition) is 4. The van der Waals surface area contributed by atoms with Gasteiger partial charge >= 0.3 is 0 Å². The lowest BCUT2D eigenvalue weighted by Crippen LogP contribution is -2.27. The number of amides is 1. The molecular weight excluding hydrogens is 330 g/mol. The summed E-state index contributed by atoms with van der Waals surface area (Å²) in [4.78, 5) is 14.6. The minimum atomic E-state index is -0.103. The van der Waals surface area contributed by atoms with Gasteiger partial charge in [-0.15, -0.1) is 0 Å². The van der Waals surface area contributed by atoms with E-state index in [1.807, 2.05) is 29.0 Å². The van der Waals surface area contributed by atoms with Gasteiger partial charge in [-0.1, -0.05) is 41.6 Å². The predicted octanol–water partition coefficient (Wildman–Crippen LogP) is 4.81. The van der Waals surface area contributed by atoms with Crippen LogP contribution in [0.15, 0.2) is 46.0 Å². The van der Waals surface area contributed by atoms with Crippen molar-refractivity contribution in [2.24, 2.45) is 0 Å². The third-order valence-corrected chi connectivity index (χ3v) is 4.94. The maximum absolute atomic E-state index is 12.5. The average molecular weight is 338 g/mol. The molecule has 1 aliphatic heterocycles. The molecule has 3 rings (SSSR count). The van der Waals surface area contributed by atoms with Crippen LogP contribution in [-0.2, 0) is 4.79 Å². The monoisotopic (exact) mass is 337 g/mol. The number of nitrogens with zero attached hydrogens (tertiary/aromatic N) is 1. The summed E-state index contributed by atoms with van der Waals surface area (Å²) in [6, 6.07) is 9.10. The molecule has 0 N–H and O–H groups in total. The van der Waals surface area contributed by atoms with Gasteiger partial charge in [0.25, 0.3) is 5.91 Å². The van der Waals surface area contributed by atoms with Crippen molar-refractivity contribution in [3.8, 4) is 0 Å². The Labute approximate surface area is 135 Å². The molecule has 0 saturated carbocycles. The third kappa shape index (κ3) is 2.67. The lowest BCUT2D eigenvalue weighted by molar-refractivity contribution is -0.113. The minimum Gasteiger partial charge on any atom is -0.268 e. The topological polar surface area (TPSA) is 20.3 Å². The minimum absolute atomic E-state index is 0.103. The number of carbonyl (C=O) groups excluding carboxylic acids is 1. The first-order valence-electron chi connectivity index (χ1n) is 5.71. The first kappa shape index (κ1) is 13.8. The Balaban J connectivity index is 1.95. The molecule has 6 heteroatoms. The molecule has 0 radical (unpaired) electrons. The largest absolute Gasteiger partial charge is 0.270 e.